The first-order valence-corrected chi connectivity index (χ1v) is 7.82. The summed E-state index contributed by atoms with van der Waals surface area (Å²) < 4.78 is 5.52. The molecule has 5 heteroatoms. The zero-order chi connectivity index (χ0) is 14.3. The number of hydrogen-bond donors (Lipinski definition) is 1. The van der Waals surface area contributed by atoms with E-state index in [0.29, 0.717) is 23.9 Å². The quantitative estimate of drug-likeness (QED) is 0.915. The van der Waals surface area contributed by atoms with Gasteiger partial charge in [0.15, 0.2) is 5.82 Å². The molecule has 2 saturated heterocycles. The third-order valence-corrected chi connectivity index (χ3v) is 5.06. The molecule has 0 aliphatic carbocycles. The van der Waals surface area contributed by atoms with Gasteiger partial charge in [-0.05, 0) is 53.1 Å². The fraction of sp³-hybridized carbons (Fsp3) is 0.867. The number of nitrogens with one attached hydrogen (secondary N) is 1. The Morgan fingerprint density at radius 1 is 1.30 bits per heavy atom. The minimum absolute atomic E-state index is 0.246. The van der Waals surface area contributed by atoms with Crippen molar-refractivity contribution in [2.45, 2.75) is 70.0 Å². The van der Waals surface area contributed by atoms with Crippen molar-refractivity contribution in [3.63, 3.8) is 0 Å². The van der Waals surface area contributed by atoms with Crippen LogP contribution in [0.15, 0.2) is 4.52 Å². The standard InChI is InChI=1S/C15H26N4O/c1-5-16-15(2,3)14-17-13(18-20-14)10-8-11-6-7-12(9-10)19(11)4/h10-12,16H,5-9H2,1-4H3. The Kier molecular flexibility index (Phi) is 3.58. The van der Waals surface area contributed by atoms with Crippen LogP contribution < -0.4 is 5.32 Å². The van der Waals surface area contributed by atoms with Gasteiger partial charge in [0.2, 0.25) is 5.89 Å². The summed E-state index contributed by atoms with van der Waals surface area (Å²) in [6.45, 7) is 7.16. The first-order chi connectivity index (χ1) is 9.51. The molecule has 0 radical (unpaired) electrons. The van der Waals surface area contributed by atoms with Crippen LogP contribution >= 0.6 is 0 Å². The lowest BCUT2D eigenvalue weighted by Crippen LogP contribution is -2.39. The van der Waals surface area contributed by atoms with Gasteiger partial charge in [0.05, 0.1) is 5.54 Å². The third kappa shape index (κ3) is 2.37. The first-order valence-electron chi connectivity index (χ1n) is 7.82. The van der Waals surface area contributed by atoms with Crippen LogP contribution in [0.3, 0.4) is 0 Å². The molecule has 3 rings (SSSR count). The van der Waals surface area contributed by atoms with E-state index in [2.05, 4.69) is 48.2 Å². The summed E-state index contributed by atoms with van der Waals surface area (Å²) in [6.07, 6.45) is 5.00. The zero-order valence-electron chi connectivity index (χ0n) is 13.0. The van der Waals surface area contributed by atoms with Crippen LogP contribution in [0.25, 0.3) is 0 Å². The Morgan fingerprint density at radius 2 is 1.95 bits per heavy atom. The molecule has 0 spiro atoms. The predicted octanol–water partition coefficient (Wildman–Crippen LogP) is 2.25. The molecule has 2 aliphatic rings. The molecule has 2 bridgehead atoms. The van der Waals surface area contributed by atoms with Gasteiger partial charge in [0.25, 0.3) is 0 Å². The van der Waals surface area contributed by atoms with Crippen molar-refractivity contribution in [1.82, 2.24) is 20.4 Å². The summed E-state index contributed by atoms with van der Waals surface area (Å²) in [4.78, 5) is 7.23. The maximum Gasteiger partial charge on any atom is 0.246 e. The molecule has 0 saturated carbocycles. The second kappa shape index (κ2) is 5.11. The molecular weight excluding hydrogens is 252 g/mol. The van der Waals surface area contributed by atoms with E-state index in [1.54, 1.807) is 0 Å². The summed E-state index contributed by atoms with van der Waals surface area (Å²) in [7, 11) is 2.26. The molecular formula is C15H26N4O. The smallest absolute Gasteiger partial charge is 0.246 e. The van der Waals surface area contributed by atoms with Gasteiger partial charge in [-0.1, -0.05) is 12.1 Å². The molecule has 0 amide bonds. The van der Waals surface area contributed by atoms with Crippen LogP contribution in [-0.2, 0) is 5.54 Å². The van der Waals surface area contributed by atoms with E-state index in [4.69, 9.17) is 4.52 Å². The highest BCUT2D eigenvalue weighted by atomic mass is 16.5. The average Bonchev–Trinajstić information content (AvgIpc) is 2.94. The lowest BCUT2D eigenvalue weighted by molar-refractivity contribution is 0.157. The highest BCUT2D eigenvalue weighted by molar-refractivity contribution is 5.07. The number of aromatic nitrogens is 2. The lowest BCUT2D eigenvalue weighted by Gasteiger charge is -2.34. The van der Waals surface area contributed by atoms with Gasteiger partial charge in [0.1, 0.15) is 0 Å². The minimum atomic E-state index is -0.246. The van der Waals surface area contributed by atoms with Crippen LogP contribution in [0.5, 0.6) is 0 Å². The summed E-state index contributed by atoms with van der Waals surface area (Å²) in [5.41, 5.74) is -0.246. The minimum Gasteiger partial charge on any atom is -0.337 e. The van der Waals surface area contributed by atoms with E-state index in [0.717, 1.165) is 12.4 Å². The molecule has 1 N–H and O–H groups in total. The molecule has 0 aromatic carbocycles. The van der Waals surface area contributed by atoms with Crippen molar-refractivity contribution in [3.8, 4) is 0 Å². The highest BCUT2D eigenvalue weighted by Gasteiger charge is 2.41. The van der Waals surface area contributed by atoms with Gasteiger partial charge in [-0.3, -0.25) is 0 Å². The molecule has 5 nitrogen and oxygen atoms in total. The Hall–Kier alpha value is -0.940. The van der Waals surface area contributed by atoms with E-state index < -0.39 is 0 Å². The maximum atomic E-state index is 5.52. The van der Waals surface area contributed by atoms with E-state index in [1.165, 1.54) is 25.7 Å². The van der Waals surface area contributed by atoms with Crippen molar-refractivity contribution in [1.29, 1.82) is 0 Å². The Labute approximate surface area is 121 Å². The number of rotatable bonds is 4. The average molecular weight is 278 g/mol. The van der Waals surface area contributed by atoms with E-state index in [1.807, 2.05) is 0 Å². The van der Waals surface area contributed by atoms with Crippen molar-refractivity contribution >= 4 is 0 Å². The second-order valence-corrected chi connectivity index (χ2v) is 6.83. The Morgan fingerprint density at radius 3 is 2.55 bits per heavy atom. The van der Waals surface area contributed by atoms with Gasteiger partial charge in [-0.25, -0.2) is 0 Å². The maximum absolute atomic E-state index is 5.52. The molecule has 2 unspecified atom stereocenters. The second-order valence-electron chi connectivity index (χ2n) is 6.83. The van der Waals surface area contributed by atoms with Gasteiger partial charge in [0, 0.05) is 18.0 Å². The van der Waals surface area contributed by atoms with E-state index in [9.17, 15) is 0 Å². The largest absolute Gasteiger partial charge is 0.337 e. The molecule has 2 fully saturated rings. The molecule has 1 aromatic heterocycles. The third-order valence-electron chi connectivity index (χ3n) is 5.06. The molecule has 1 aromatic rings. The zero-order valence-corrected chi connectivity index (χ0v) is 13.0. The Bertz CT molecular complexity index is 456. The lowest BCUT2D eigenvalue weighted by atomic mass is 9.90. The van der Waals surface area contributed by atoms with Crippen molar-refractivity contribution < 1.29 is 4.52 Å². The number of piperidine rings is 1. The number of nitrogens with zero attached hydrogens (tertiary/aromatic N) is 3. The van der Waals surface area contributed by atoms with Crippen LogP contribution in [0, 0.1) is 0 Å². The summed E-state index contributed by atoms with van der Waals surface area (Å²) in [5, 5.41) is 7.65. The van der Waals surface area contributed by atoms with Crippen molar-refractivity contribution in [2.24, 2.45) is 0 Å². The fourth-order valence-electron chi connectivity index (χ4n) is 3.79. The highest BCUT2D eigenvalue weighted by Crippen LogP contribution is 2.41. The summed E-state index contributed by atoms with van der Waals surface area (Å²) in [5.74, 6) is 2.09. The molecule has 112 valence electrons. The van der Waals surface area contributed by atoms with Crippen molar-refractivity contribution in [3.05, 3.63) is 11.7 Å². The van der Waals surface area contributed by atoms with Crippen LogP contribution in [0.1, 0.15) is 64.1 Å². The van der Waals surface area contributed by atoms with Gasteiger partial charge >= 0.3 is 0 Å². The van der Waals surface area contributed by atoms with Crippen LogP contribution in [0.4, 0.5) is 0 Å². The van der Waals surface area contributed by atoms with Gasteiger partial charge in [-0.15, -0.1) is 0 Å². The van der Waals surface area contributed by atoms with E-state index >= 15 is 0 Å². The van der Waals surface area contributed by atoms with E-state index in [-0.39, 0.29) is 5.54 Å². The van der Waals surface area contributed by atoms with Crippen LogP contribution in [-0.4, -0.2) is 40.7 Å². The molecule has 20 heavy (non-hydrogen) atoms. The van der Waals surface area contributed by atoms with Crippen molar-refractivity contribution in [2.75, 3.05) is 13.6 Å². The monoisotopic (exact) mass is 278 g/mol. The number of hydrogen-bond acceptors (Lipinski definition) is 5. The fourth-order valence-corrected chi connectivity index (χ4v) is 3.79. The normalized spacial score (nSPS) is 30.9. The topological polar surface area (TPSA) is 54.2 Å². The SMILES string of the molecule is CCNC(C)(C)c1nc(C2CC3CCC(C2)N3C)no1. The van der Waals surface area contributed by atoms with Crippen LogP contribution in [0.2, 0.25) is 0 Å². The molecule has 2 atom stereocenters. The first kappa shape index (κ1) is 14.0. The summed E-state index contributed by atoms with van der Waals surface area (Å²) in [6, 6.07) is 1.42. The predicted molar refractivity (Wildman–Crippen MR) is 77.5 cm³/mol. The van der Waals surface area contributed by atoms with Gasteiger partial charge < -0.3 is 14.7 Å². The molecule has 3 heterocycles. The van der Waals surface area contributed by atoms with Gasteiger partial charge in [-0.2, -0.15) is 4.98 Å². The Balaban J connectivity index is 1.75. The molecule has 2 aliphatic heterocycles. The number of fused-ring (bicyclic) bond motifs is 2. The summed E-state index contributed by atoms with van der Waals surface area (Å²) >= 11 is 0.